The summed E-state index contributed by atoms with van der Waals surface area (Å²) in [5, 5.41) is 9.25. The standard InChI is InChI=1S/C5H7FN3/c1-2-4(6)5-3-7-9-8-5/h3H,2H2,1H3,(H,7,8,9). The molecule has 1 radical (unpaired) electrons. The molecule has 0 aromatic carbocycles. The molecule has 3 nitrogen and oxygen atoms in total. The summed E-state index contributed by atoms with van der Waals surface area (Å²) in [7, 11) is 0. The van der Waals surface area contributed by atoms with Crippen molar-refractivity contribution in [3.05, 3.63) is 18.1 Å². The van der Waals surface area contributed by atoms with Crippen molar-refractivity contribution in [1.82, 2.24) is 15.4 Å². The zero-order valence-electron chi connectivity index (χ0n) is 5.06. The Morgan fingerprint density at radius 3 is 3.11 bits per heavy atom. The minimum absolute atomic E-state index is 0.233. The van der Waals surface area contributed by atoms with E-state index < -0.39 is 0 Å². The van der Waals surface area contributed by atoms with Crippen LogP contribution >= 0.6 is 0 Å². The normalized spacial score (nSPS) is 10.6. The van der Waals surface area contributed by atoms with Crippen molar-refractivity contribution >= 4 is 0 Å². The Morgan fingerprint density at radius 1 is 1.89 bits per heavy atom. The molecule has 0 amide bonds. The van der Waals surface area contributed by atoms with Gasteiger partial charge >= 0.3 is 0 Å². The summed E-state index contributed by atoms with van der Waals surface area (Å²) in [4.78, 5) is 0. The van der Waals surface area contributed by atoms with Gasteiger partial charge in [-0.3, -0.25) is 5.10 Å². The van der Waals surface area contributed by atoms with E-state index in [-0.39, 0.29) is 6.17 Å². The summed E-state index contributed by atoms with van der Waals surface area (Å²) in [6.45, 7) is 1.73. The molecule has 9 heavy (non-hydrogen) atoms. The molecule has 0 aliphatic heterocycles. The Kier molecular flexibility index (Phi) is 1.77. The Bertz CT molecular complexity index is 161. The molecule has 0 fully saturated rings. The summed E-state index contributed by atoms with van der Waals surface area (Å²) in [6, 6.07) is 0. The molecular formula is C5H7FN3. The monoisotopic (exact) mass is 128 g/mol. The summed E-state index contributed by atoms with van der Waals surface area (Å²) < 4.78 is 12.5. The van der Waals surface area contributed by atoms with Crippen LogP contribution < -0.4 is 0 Å². The molecule has 1 rings (SSSR count). The van der Waals surface area contributed by atoms with Crippen molar-refractivity contribution in [2.75, 3.05) is 0 Å². The fourth-order valence-corrected chi connectivity index (χ4v) is 0.515. The molecule has 1 aromatic rings. The molecule has 0 saturated carbocycles. The summed E-state index contributed by atoms with van der Waals surface area (Å²) in [5.74, 6) is 0. The number of aromatic nitrogens is 3. The molecule has 0 spiro atoms. The predicted molar refractivity (Wildman–Crippen MR) is 30.1 cm³/mol. The second-order valence-corrected chi connectivity index (χ2v) is 1.62. The van der Waals surface area contributed by atoms with Crippen LogP contribution in [-0.4, -0.2) is 15.4 Å². The van der Waals surface area contributed by atoms with Gasteiger partial charge in [0.1, 0.15) is 5.69 Å². The number of hydrogen-bond acceptors (Lipinski definition) is 2. The van der Waals surface area contributed by atoms with Gasteiger partial charge in [0, 0.05) is 6.20 Å². The molecule has 1 N–H and O–H groups in total. The Morgan fingerprint density at radius 2 is 2.67 bits per heavy atom. The van der Waals surface area contributed by atoms with Crippen molar-refractivity contribution in [3.8, 4) is 0 Å². The van der Waals surface area contributed by atoms with Crippen molar-refractivity contribution in [1.29, 1.82) is 0 Å². The maximum absolute atomic E-state index is 12.5. The Labute approximate surface area is 52.3 Å². The van der Waals surface area contributed by atoms with Crippen molar-refractivity contribution in [2.24, 2.45) is 0 Å². The Hall–Kier alpha value is -0.930. The molecule has 1 aromatic heterocycles. The summed E-state index contributed by atoms with van der Waals surface area (Å²) in [6.07, 6.45) is 1.56. The Balaban J connectivity index is 2.65. The van der Waals surface area contributed by atoms with E-state index in [0.717, 1.165) is 0 Å². The van der Waals surface area contributed by atoms with E-state index in [1.807, 2.05) is 0 Å². The molecule has 0 atom stereocenters. The highest BCUT2D eigenvalue weighted by atomic mass is 19.1. The fraction of sp³-hybridized carbons (Fsp3) is 0.400. The molecular weight excluding hydrogens is 121 g/mol. The van der Waals surface area contributed by atoms with Crippen LogP contribution in [0.4, 0.5) is 4.39 Å². The molecule has 0 aliphatic carbocycles. The number of aromatic amines is 1. The first-order chi connectivity index (χ1) is 4.34. The van der Waals surface area contributed by atoms with E-state index in [1.165, 1.54) is 6.20 Å². The van der Waals surface area contributed by atoms with E-state index in [0.29, 0.717) is 12.1 Å². The van der Waals surface area contributed by atoms with Gasteiger partial charge in [-0.05, 0) is 6.42 Å². The van der Waals surface area contributed by atoms with E-state index in [1.54, 1.807) is 6.92 Å². The largest absolute Gasteiger partial charge is 0.265 e. The quantitative estimate of drug-likeness (QED) is 0.647. The van der Waals surface area contributed by atoms with Crippen LogP contribution in [0.25, 0.3) is 0 Å². The number of H-pyrrole nitrogens is 1. The van der Waals surface area contributed by atoms with Gasteiger partial charge in [-0.1, -0.05) is 12.1 Å². The lowest BCUT2D eigenvalue weighted by molar-refractivity contribution is 0.499. The number of halogens is 1. The molecule has 0 bridgehead atoms. The minimum atomic E-state index is -0.233. The predicted octanol–water partition coefficient (Wildman–Crippen LogP) is 1.06. The van der Waals surface area contributed by atoms with Crippen LogP contribution in [0.2, 0.25) is 0 Å². The van der Waals surface area contributed by atoms with Gasteiger partial charge in [-0.15, -0.1) is 5.10 Å². The van der Waals surface area contributed by atoms with E-state index >= 15 is 0 Å². The summed E-state index contributed by atoms with van der Waals surface area (Å²) in [5.41, 5.74) is 0.303. The van der Waals surface area contributed by atoms with E-state index in [4.69, 9.17) is 0 Å². The maximum Gasteiger partial charge on any atom is 0.195 e. The average Bonchev–Trinajstić information content (AvgIpc) is 2.37. The van der Waals surface area contributed by atoms with Gasteiger partial charge in [0.15, 0.2) is 6.17 Å². The smallest absolute Gasteiger partial charge is 0.195 e. The second kappa shape index (κ2) is 2.57. The van der Waals surface area contributed by atoms with Crippen molar-refractivity contribution in [3.63, 3.8) is 0 Å². The maximum atomic E-state index is 12.5. The van der Waals surface area contributed by atoms with Crippen molar-refractivity contribution < 1.29 is 4.39 Å². The third kappa shape index (κ3) is 1.25. The number of nitrogens with one attached hydrogen (secondary N) is 1. The number of nitrogens with zero attached hydrogens (tertiary/aromatic N) is 2. The molecule has 4 heteroatoms. The zero-order chi connectivity index (χ0) is 6.69. The molecule has 49 valence electrons. The SMILES string of the molecule is CC[C](F)c1c[nH]nn1. The average molecular weight is 128 g/mol. The van der Waals surface area contributed by atoms with Gasteiger partial charge in [0.2, 0.25) is 0 Å². The fourth-order valence-electron chi connectivity index (χ4n) is 0.515. The number of rotatable bonds is 2. The van der Waals surface area contributed by atoms with Gasteiger partial charge in [-0.2, -0.15) is 0 Å². The highest BCUT2D eigenvalue weighted by Crippen LogP contribution is 2.14. The third-order valence-electron chi connectivity index (χ3n) is 1.01. The molecule has 0 unspecified atom stereocenters. The third-order valence-corrected chi connectivity index (χ3v) is 1.01. The van der Waals surface area contributed by atoms with Gasteiger partial charge in [-0.25, -0.2) is 4.39 Å². The van der Waals surface area contributed by atoms with Crippen LogP contribution in [-0.2, 0) is 0 Å². The van der Waals surface area contributed by atoms with Gasteiger partial charge in [0.05, 0.1) is 0 Å². The summed E-state index contributed by atoms with van der Waals surface area (Å²) >= 11 is 0. The van der Waals surface area contributed by atoms with Crippen LogP contribution in [0.3, 0.4) is 0 Å². The number of hydrogen-bond donors (Lipinski definition) is 1. The van der Waals surface area contributed by atoms with Gasteiger partial charge in [0.25, 0.3) is 0 Å². The lowest BCUT2D eigenvalue weighted by atomic mass is 10.2. The van der Waals surface area contributed by atoms with Crippen LogP contribution in [0.15, 0.2) is 6.20 Å². The first kappa shape index (κ1) is 6.19. The van der Waals surface area contributed by atoms with Crippen LogP contribution in [0, 0.1) is 6.17 Å². The highest BCUT2D eigenvalue weighted by Gasteiger charge is 2.10. The van der Waals surface area contributed by atoms with E-state index in [9.17, 15) is 4.39 Å². The molecule has 1 heterocycles. The lowest BCUT2D eigenvalue weighted by Crippen LogP contribution is -1.89. The molecule has 0 saturated heterocycles. The van der Waals surface area contributed by atoms with Crippen LogP contribution in [0.5, 0.6) is 0 Å². The first-order valence-corrected chi connectivity index (χ1v) is 2.72. The van der Waals surface area contributed by atoms with Gasteiger partial charge < -0.3 is 0 Å². The second-order valence-electron chi connectivity index (χ2n) is 1.62. The zero-order valence-corrected chi connectivity index (χ0v) is 5.06. The van der Waals surface area contributed by atoms with Crippen molar-refractivity contribution in [2.45, 2.75) is 13.3 Å². The molecule has 0 aliphatic rings. The minimum Gasteiger partial charge on any atom is -0.265 e. The highest BCUT2D eigenvalue weighted by molar-refractivity contribution is 5.10. The first-order valence-electron chi connectivity index (χ1n) is 2.72. The van der Waals surface area contributed by atoms with E-state index in [2.05, 4.69) is 15.4 Å². The topological polar surface area (TPSA) is 41.6 Å². The van der Waals surface area contributed by atoms with Crippen LogP contribution in [0.1, 0.15) is 19.0 Å². The lowest BCUT2D eigenvalue weighted by Gasteiger charge is -1.93.